The summed E-state index contributed by atoms with van der Waals surface area (Å²) in [4.78, 5) is 12.2. The standard InChI is InChI=1S/C15H19F2NO2S/c1-21(20)10-12-4-2-3-5-13(12)18-14(19)11-6-8-15(16,17)9-7-11/h2-5,11H,6-10H2,1H3,(H,18,19)/t21-/m0/s1. The van der Waals surface area contributed by atoms with Gasteiger partial charge in [0, 0.05) is 41.5 Å². The quantitative estimate of drug-likeness (QED) is 0.926. The number of alkyl halides is 2. The number of hydrogen-bond acceptors (Lipinski definition) is 2. The van der Waals surface area contributed by atoms with Crippen LogP contribution in [0.25, 0.3) is 0 Å². The van der Waals surface area contributed by atoms with Crippen molar-refractivity contribution >= 4 is 22.4 Å². The first kappa shape index (κ1) is 16.1. The summed E-state index contributed by atoms with van der Waals surface area (Å²) >= 11 is 0. The highest BCUT2D eigenvalue weighted by atomic mass is 32.2. The van der Waals surface area contributed by atoms with Crippen molar-refractivity contribution in [1.82, 2.24) is 0 Å². The van der Waals surface area contributed by atoms with Gasteiger partial charge in [0.25, 0.3) is 0 Å². The molecule has 1 saturated carbocycles. The fraction of sp³-hybridized carbons (Fsp3) is 0.533. The molecule has 1 aromatic carbocycles. The van der Waals surface area contributed by atoms with Crippen LogP contribution >= 0.6 is 0 Å². The molecule has 0 aliphatic heterocycles. The van der Waals surface area contributed by atoms with E-state index in [0.29, 0.717) is 11.4 Å². The van der Waals surface area contributed by atoms with E-state index in [-0.39, 0.29) is 37.5 Å². The number of nitrogens with one attached hydrogen (secondary N) is 1. The van der Waals surface area contributed by atoms with Crippen LogP contribution in [0.4, 0.5) is 14.5 Å². The number of halogens is 2. The van der Waals surface area contributed by atoms with Crippen LogP contribution in [0.15, 0.2) is 24.3 Å². The molecule has 0 spiro atoms. The predicted octanol–water partition coefficient (Wildman–Crippen LogP) is 3.33. The van der Waals surface area contributed by atoms with Crippen molar-refractivity contribution in [2.24, 2.45) is 5.92 Å². The molecular formula is C15H19F2NO2S. The largest absolute Gasteiger partial charge is 0.326 e. The van der Waals surface area contributed by atoms with E-state index >= 15 is 0 Å². The summed E-state index contributed by atoms with van der Waals surface area (Å²) in [6.07, 6.45) is 1.56. The zero-order valence-corrected chi connectivity index (χ0v) is 12.7. The van der Waals surface area contributed by atoms with Gasteiger partial charge in [-0.25, -0.2) is 8.78 Å². The second-order valence-corrected chi connectivity index (χ2v) is 6.93. The zero-order chi connectivity index (χ0) is 15.5. The van der Waals surface area contributed by atoms with Crippen molar-refractivity contribution < 1.29 is 17.8 Å². The van der Waals surface area contributed by atoms with E-state index in [1.54, 1.807) is 18.4 Å². The molecule has 2 rings (SSSR count). The van der Waals surface area contributed by atoms with Crippen LogP contribution < -0.4 is 5.32 Å². The highest BCUT2D eigenvalue weighted by molar-refractivity contribution is 7.83. The van der Waals surface area contributed by atoms with E-state index in [9.17, 15) is 17.8 Å². The van der Waals surface area contributed by atoms with Crippen molar-refractivity contribution in [3.63, 3.8) is 0 Å². The first-order valence-corrected chi connectivity index (χ1v) is 8.67. The van der Waals surface area contributed by atoms with Crippen LogP contribution in [0.1, 0.15) is 31.2 Å². The van der Waals surface area contributed by atoms with Crippen molar-refractivity contribution in [3.8, 4) is 0 Å². The lowest BCUT2D eigenvalue weighted by Gasteiger charge is -2.27. The van der Waals surface area contributed by atoms with Gasteiger partial charge < -0.3 is 5.32 Å². The minimum atomic E-state index is -2.63. The molecule has 116 valence electrons. The van der Waals surface area contributed by atoms with Crippen LogP contribution in [-0.2, 0) is 21.3 Å². The Morgan fingerprint density at radius 2 is 1.95 bits per heavy atom. The van der Waals surface area contributed by atoms with E-state index < -0.39 is 16.7 Å². The van der Waals surface area contributed by atoms with Gasteiger partial charge in [-0.05, 0) is 24.5 Å². The minimum absolute atomic E-state index is 0.209. The molecular weight excluding hydrogens is 296 g/mol. The predicted molar refractivity (Wildman–Crippen MR) is 79.7 cm³/mol. The third-order valence-corrected chi connectivity index (χ3v) is 4.44. The van der Waals surface area contributed by atoms with E-state index in [2.05, 4.69) is 5.32 Å². The summed E-state index contributed by atoms with van der Waals surface area (Å²) < 4.78 is 37.6. The highest BCUT2D eigenvalue weighted by Gasteiger charge is 2.37. The Hall–Kier alpha value is -1.30. The second-order valence-electron chi connectivity index (χ2n) is 5.49. The molecule has 0 heterocycles. The smallest absolute Gasteiger partial charge is 0.248 e. The average molecular weight is 315 g/mol. The van der Waals surface area contributed by atoms with Gasteiger partial charge in [-0.2, -0.15) is 0 Å². The van der Waals surface area contributed by atoms with E-state index in [4.69, 9.17) is 0 Å². The van der Waals surface area contributed by atoms with Gasteiger partial charge in [-0.3, -0.25) is 9.00 Å². The molecule has 0 saturated heterocycles. The number of carbonyl (C=O) groups excluding carboxylic acids is 1. The number of anilines is 1. The SMILES string of the molecule is C[S@](=O)Cc1ccccc1NC(=O)C1CCC(F)(F)CC1. The van der Waals surface area contributed by atoms with Crippen LogP contribution in [0, 0.1) is 5.92 Å². The monoisotopic (exact) mass is 315 g/mol. The molecule has 6 heteroatoms. The van der Waals surface area contributed by atoms with Crippen molar-refractivity contribution in [3.05, 3.63) is 29.8 Å². The lowest BCUT2D eigenvalue weighted by molar-refractivity contribution is -0.124. The molecule has 1 atom stereocenters. The van der Waals surface area contributed by atoms with Crippen molar-refractivity contribution in [2.45, 2.75) is 37.4 Å². The molecule has 0 bridgehead atoms. The number of rotatable bonds is 4. The normalized spacial score (nSPS) is 20.0. The zero-order valence-electron chi connectivity index (χ0n) is 11.9. The number of benzene rings is 1. The Balaban J connectivity index is 2.02. The van der Waals surface area contributed by atoms with Crippen LogP contribution in [0.5, 0.6) is 0 Å². The van der Waals surface area contributed by atoms with Gasteiger partial charge in [0.05, 0.1) is 5.75 Å². The van der Waals surface area contributed by atoms with Gasteiger partial charge in [0.15, 0.2) is 0 Å². The van der Waals surface area contributed by atoms with Gasteiger partial charge in [-0.15, -0.1) is 0 Å². The summed E-state index contributed by atoms with van der Waals surface area (Å²) in [6, 6.07) is 7.16. The van der Waals surface area contributed by atoms with E-state index in [1.165, 1.54) is 0 Å². The molecule has 0 radical (unpaired) electrons. The first-order valence-electron chi connectivity index (χ1n) is 6.94. The molecule has 1 N–H and O–H groups in total. The van der Waals surface area contributed by atoms with Crippen molar-refractivity contribution in [2.75, 3.05) is 11.6 Å². The maximum atomic E-state index is 13.1. The lowest BCUT2D eigenvalue weighted by Crippen LogP contribution is -2.32. The number of amides is 1. The second kappa shape index (κ2) is 6.64. The Labute approximate surface area is 125 Å². The molecule has 1 amide bonds. The molecule has 21 heavy (non-hydrogen) atoms. The van der Waals surface area contributed by atoms with Gasteiger partial charge in [-0.1, -0.05) is 18.2 Å². The topological polar surface area (TPSA) is 46.2 Å². The molecule has 1 fully saturated rings. The number of hydrogen-bond donors (Lipinski definition) is 1. The molecule has 0 unspecified atom stereocenters. The maximum Gasteiger partial charge on any atom is 0.248 e. The average Bonchev–Trinajstić information content (AvgIpc) is 2.40. The third kappa shape index (κ3) is 4.59. The lowest BCUT2D eigenvalue weighted by atomic mass is 9.86. The maximum absolute atomic E-state index is 13.1. The molecule has 1 aliphatic carbocycles. The van der Waals surface area contributed by atoms with Crippen LogP contribution in [0.3, 0.4) is 0 Å². The van der Waals surface area contributed by atoms with Crippen LogP contribution in [0.2, 0.25) is 0 Å². The summed E-state index contributed by atoms with van der Waals surface area (Å²) in [5, 5.41) is 2.79. The Morgan fingerprint density at radius 1 is 1.33 bits per heavy atom. The Bertz CT molecular complexity index is 538. The molecule has 1 aromatic rings. The third-order valence-electron chi connectivity index (χ3n) is 3.72. The van der Waals surface area contributed by atoms with Gasteiger partial charge >= 0.3 is 0 Å². The summed E-state index contributed by atoms with van der Waals surface area (Å²) in [6.45, 7) is 0. The number of carbonyl (C=O) groups is 1. The molecule has 1 aliphatic rings. The Kier molecular flexibility index (Phi) is 5.08. The molecule has 0 aromatic heterocycles. The fourth-order valence-corrected chi connectivity index (χ4v) is 3.21. The van der Waals surface area contributed by atoms with Crippen LogP contribution in [-0.4, -0.2) is 22.3 Å². The minimum Gasteiger partial charge on any atom is -0.326 e. The number of para-hydroxylation sites is 1. The molecule has 3 nitrogen and oxygen atoms in total. The van der Waals surface area contributed by atoms with E-state index in [0.717, 1.165) is 5.56 Å². The summed E-state index contributed by atoms with van der Waals surface area (Å²) in [7, 11) is -1.01. The van der Waals surface area contributed by atoms with Crippen molar-refractivity contribution in [1.29, 1.82) is 0 Å². The Morgan fingerprint density at radius 3 is 2.57 bits per heavy atom. The summed E-state index contributed by atoms with van der Waals surface area (Å²) in [5.41, 5.74) is 1.42. The van der Waals surface area contributed by atoms with Gasteiger partial charge in [0.1, 0.15) is 0 Å². The highest BCUT2D eigenvalue weighted by Crippen LogP contribution is 2.36. The summed E-state index contributed by atoms with van der Waals surface area (Å²) in [5.74, 6) is -2.86. The van der Waals surface area contributed by atoms with E-state index in [1.807, 2.05) is 12.1 Å². The first-order chi connectivity index (χ1) is 9.87. The van der Waals surface area contributed by atoms with Gasteiger partial charge in [0.2, 0.25) is 11.8 Å². The fourth-order valence-electron chi connectivity index (χ4n) is 2.52.